The van der Waals surface area contributed by atoms with Gasteiger partial charge in [0.05, 0.1) is 0 Å². The summed E-state index contributed by atoms with van der Waals surface area (Å²) in [4.78, 5) is 11.9. The van der Waals surface area contributed by atoms with Crippen molar-refractivity contribution >= 4 is 5.91 Å². The summed E-state index contributed by atoms with van der Waals surface area (Å²) in [5.41, 5.74) is 8.08. The highest BCUT2D eigenvalue weighted by atomic mass is 19.1. The normalized spacial score (nSPS) is 12.3. The number of rotatable bonds is 5. The number of nitrogens with one attached hydrogen (secondary N) is 1. The smallest absolute Gasteiger partial charge is 0.251 e. The Balaban J connectivity index is 1.97. The second-order valence-corrected chi connectivity index (χ2v) is 5.80. The molecule has 0 aliphatic heterocycles. The van der Waals surface area contributed by atoms with Crippen molar-refractivity contribution in [1.82, 2.24) is 5.32 Å². The minimum absolute atomic E-state index is 0.0649. The Bertz CT molecular complexity index is 664. The van der Waals surface area contributed by atoms with Gasteiger partial charge in [0, 0.05) is 24.2 Å². The first-order valence-electron chi connectivity index (χ1n) is 7.46. The van der Waals surface area contributed by atoms with Gasteiger partial charge in [-0.2, -0.15) is 0 Å². The molecular formula is C18H20F2N2O. The lowest BCUT2D eigenvalue weighted by Gasteiger charge is -2.14. The van der Waals surface area contributed by atoms with Crippen LogP contribution in [0.2, 0.25) is 0 Å². The maximum Gasteiger partial charge on any atom is 0.251 e. The molecule has 3 N–H and O–H groups in total. The zero-order valence-corrected chi connectivity index (χ0v) is 13.1. The van der Waals surface area contributed by atoms with E-state index in [9.17, 15) is 13.6 Å². The maximum absolute atomic E-state index is 13.1. The van der Waals surface area contributed by atoms with Crippen LogP contribution in [0, 0.1) is 11.6 Å². The summed E-state index contributed by atoms with van der Waals surface area (Å²) in [6.07, 6.45) is 0. The van der Waals surface area contributed by atoms with Gasteiger partial charge in [-0.3, -0.25) is 4.79 Å². The number of amides is 1. The van der Waals surface area contributed by atoms with Crippen LogP contribution in [0.25, 0.3) is 0 Å². The van der Waals surface area contributed by atoms with Gasteiger partial charge >= 0.3 is 0 Å². The third-order valence-corrected chi connectivity index (χ3v) is 3.64. The fraction of sp³-hybridized carbons (Fsp3) is 0.278. The van der Waals surface area contributed by atoms with Crippen LogP contribution in [0.5, 0.6) is 0 Å². The molecule has 3 nitrogen and oxygen atoms in total. The standard InChI is InChI=1S/C18H20F2N2O/c1-11(2)12-3-5-13(6-4-12)17(21)10-22-18(23)14-7-15(19)9-16(20)8-14/h3-9,11,17H,10,21H2,1-2H3,(H,22,23). The number of hydrogen-bond acceptors (Lipinski definition) is 2. The Morgan fingerprint density at radius 1 is 1.04 bits per heavy atom. The van der Waals surface area contributed by atoms with Gasteiger partial charge in [0.15, 0.2) is 0 Å². The van der Waals surface area contributed by atoms with Crippen LogP contribution in [-0.4, -0.2) is 12.5 Å². The van der Waals surface area contributed by atoms with E-state index in [1.54, 1.807) is 0 Å². The van der Waals surface area contributed by atoms with Crippen molar-refractivity contribution in [3.8, 4) is 0 Å². The molecule has 0 aliphatic carbocycles. The van der Waals surface area contributed by atoms with E-state index < -0.39 is 23.6 Å². The lowest BCUT2D eigenvalue weighted by atomic mass is 9.99. The van der Waals surface area contributed by atoms with E-state index in [4.69, 9.17) is 5.73 Å². The van der Waals surface area contributed by atoms with E-state index in [1.165, 1.54) is 5.56 Å². The largest absolute Gasteiger partial charge is 0.350 e. The average Bonchev–Trinajstić information content (AvgIpc) is 2.51. The summed E-state index contributed by atoms with van der Waals surface area (Å²) in [5.74, 6) is -1.70. The number of nitrogens with two attached hydrogens (primary N) is 1. The Morgan fingerprint density at radius 3 is 2.09 bits per heavy atom. The van der Waals surface area contributed by atoms with Crippen LogP contribution < -0.4 is 11.1 Å². The minimum atomic E-state index is -0.788. The number of halogens is 2. The summed E-state index contributed by atoms with van der Waals surface area (Å²) < 4.78 is 26.2. The molecule has 0 spiro atoms. The molecule has 0 aromatic heterocycles. The molecule has 0 aliphatic rings. The van der Waals surface area contributed by atoms with Crippen molar-refractivity contribution in [2.24, 2.45) is 5.73 Å². The number of hydrogen-bond donors (Lipinski definition) is 2. The van der Waals surface area contributed by atoms with Gasteiger partial charge in [0.25, 0.3) is 5.91 Å². The van der Waals surface area contributed by atoms with E-state index in [0.717, 1.165) is 23.8 Å². The van der Waals surface area contributed by atoms with E-state index in [0.29, 0.717) is 5.92 Å². The van der Waals surface area contributed by atoms with Crippen molar-refractivity contribution in [3.63, 3.8) is 0 Å². The van der Waals surface area contributed by atoms with Gasteiger partial charge in [-0.05, 0) is 29.2 Å². The molecule has 1 amide bonds. The van der Waals surface area contributed by atoms with Crippen molar-refractivity contribution < 1.29 is 13.6 Å². The molecule has 0 fully saturated rings. The quantitative estimate of drug-likeness (QED) is 0.886. The van der Waals surface area contributed by atoms with Crippen LogP contribution in [-0.2, 0) is 0 Å². The minimum Gasteiger partial charge on any atom is -0.350 e. The zero-order valence-electron chi connectivity index (χ0n) is 13.1. The first kappa shape index (κ1) is 17.1. The van der Waals surface area contributed by atoms with Crippen molar-refractivity contribution in [2.45, 2.75) is 25.8 Å². The summed E-state index contributed by atoms with van der Waals surface area (Å²) >= 11 is 0. The van der Waals surface area contributed by atoms with Crippen molar-refractivity contribution in [1.29, 1.82) is 0 Å². The lowest BCUT2D eigenvalue weighted by Crippen LogP contribution is -2.32. The second-order valence-electron chi connectivity index (χ2n) is 5.80. The molecule has 0 radical (unpaired) electrons. The second kappa shape index (κ2) is 7.33. The SMILES string of the molecule is CC(C)c1ccc(C(N)CNC(=O)c2cc(F)cc(F)c2)cc1. The van der Waals surface area contributed by atoms with Crippen LogP contribution in [0.4, 0.5) is 8.78 Å². The highest BCUT2D eigenvalue weighted by molar-refractivity contribution is 5.94. The topological polar surface area (TPSA) is 55.1 Å². The third kappa shape index (κ3) is 4.60. The van der Waals surface area contributed by atoms with Crippen LogP contribution in [0.3, 0.4) is 0 Å². The molecule has 1 atom stereocenters. The van der Waals surface area contributed by atoms with E-state index in [-0.39, 0.29) is 12.1 Å². The van der Waals surface area contributed by atoms with Crippen LogP contribution in [0.1, 0.15) is 47.3 Å². The summed E-state index contributed by atoms with van der Waals surface area (Å²) in [5, 5.41) is 2.59. The first-order chi connectivity index (χ1) is 10.9. The Kier molecular flexibility index (Phi) is 5.45. The number of carbonyl (C=O) groups excluding carboxylic acids is 1. The maximum atomic E-state index is 13.1. The Morgan fingerprint density at radius 2 is 1.57 bits per heavy atom. The third-order valence-electron chi connectivity index (χ3n) is 3.64. The molecule has 0 saturated carbocycles. The first-order valence-corrected chi connectivity index (χ1v) is 7.46. The fourth-order valence-corrected chi connectivity index (χ4v) is 2.24. The van der Waals surface area contributed by atoms with Crippen molar-refractivity contribution in [3.05, 3.63) is 70.8 Å². The van der Waals surface area contributed by atoms with Gasteiger partial charge in [-0.15, -0.1) is 0 Å². The molecular weight excluding hydrogens is 298 g/mol. The van der Waals surface area contributed by atoms with Crippen molar-refractivity contribution in [2.75, 3.05) is 6.54 Å². The van der Waals surface area contributed by atoms with E-state index in [1.807, 2.05) is 24.3 Å². The van der Waals surface area contributed by atoms with Gasteiger partial charge in [0.1, 0.15) is 11.6 Å². The molecule has 0 saturated heterocycles. The highest BCUT2D eigenvalue weighted by Gasteiger charge is 2.12. The van der Waals surface area contributed by atoms with Gasteiger partial charge in [-0.25, -0.2) is 8.78 Å². The predicted octanol–water partition coefficient (Wildman–Crippen LogP) is 3.52. The summed E-state index contributed by atoms with van der Waals surface area (Å²) in [7, 11) is 0. The molecule has 122 valence electrons. The zero-order chi connectivity index (χ0) is 17.0. The van der Waals surface area contributed by atoms with E-state index >= 15 is 0 Å². The monoisotopic (exact) mass is 318 g/mol. The van der Waals surface area contributed by atoms with Gasteiger partial charge in [0.2, 0.25) is 0 Å². The predicted molar refractivity (Wildman–Crippen MR) is 86.2 cm³/mol. The Labute approximate surface area is 134 Å². The lowest BCUT2D eigenvalue weighted by molar-refractivity contribution is 0.0950. The summed E-state index contributed by atoms with van der Waals surface area (Å²) in [6, 6.07) is 10.2. The molecule has 5 heteroatoms. The van der Waals surface area contributed by atoms with Crippen LogP contribution >= 0.6 is 0 Å². The number of carbonyl (C=O) groups is 1. The molecule has 0 bridgehead atoms. The van der Waals surface area contributed by atoms with E-state index in [2.05, 4.69) is 19.2 Å². The summed E-state index contributed by atoms with van der Waals surface area (Å²) in [6.45, 7) is 4.39. The molecule has 1 unspecified atom stereocenters. The molecule has 2 rings (SSSR count). The van der Waals surface area contributed by atoms with Crippen LogP contribution in [0.15, 0.2) is 42.5 Å². The average molecular weight is 318 g/mol. The fourth-order valence-electron chi connectivity index (χ4n) is 2.24. The molecule has 0 heterocycles. The Hall–Kier alpha value is -2.27. The molecule has 2 aromatic rings. The van der Waals surface area contributed by atoms with Gasteiger partial charge in [-0.1, -0.05) is 38.1 Å². The highest BCUT2D eigenvalue weighted by Crippen LogP contribution is 2.17. The molecule has 2 aromatic carbocycles. The molecule has 23 heavy (non-hydrogen) atoms. The number of benzene rings is 2. The van der Waals surface area contributed by atoms with Gasteiger partial charge < -0.3 is 11.1 Å².